The van der Waals surface area contributed by atoms with Crippen molar-refractivity contribution in [2.45, 2.75) is 19.1 Å². The molecule has 2 aromatic carbocycles. The number of carbonyl (C=O) groups excluding carboxylic acids is 1. The van der Waals surface area contributed by atoms with Crippen LogP contribution in [-0.2, 0) is 21.8 Å². The molecule has 0 saturated carbocycles. The van der Waals surface area contributed by atoms with Gasteiger partial charge in [-0.15, -0.1) is 0 Å². The van der Waals surface area contributed by atoms with Gasteiger partial charge < -0.3 is 20.6 Å². The molecule has 1 amide bonds. The summed E-state index contributed by atoms with van der Waals surface area (Å²) in [5, 5.41) is 4.76. The number of nitrogens with zero attached hydrogens (tertiary/aromatic N) is 3. The quantitative estimate of drug-likeness (QED) is 0.244. The molecule has 0 fully saturated rings. The van der Waals surface area contributed by atoms with E-state index in [9.17, 15) is 13.6 Å². The van der Waals surface area contributed by atoms with Gasteiger partial charge in [-0.3, -0.25) is 9.79 Å². The van der Waals surface area contributed by atoms with Crippen LogP contribution in [0.2, 0.25) is 0 Å². The number of hydrogen-bond acceptors (Lipinski definition) is 8. The van der Waals surface area contributed by atoms with Gasteiger partial charge in [-0.1, -0.05) is 45.7 Å². The van der Waals surface area contributed by atoms with Crippen molar-refractivity contribution in [2.24, 2.45) is 10.7 Å². The standard InChI is InChI=1S/C28H29F2N6O3P/c1-4-18(16-32-5-2)19-8-6-7-17(13-19)15-33-27(37)26-23(14-31)39-35-36(26)21-10-11-22(38-3)25-20(21)9-12-24(34-25)28(29,30)40/h4-13,16,35H,2,14-15,31,40H2,1,3H3,(H,33,37)/b18-4+,32-16?. The van der Waals surface area contributed by atoms with Crippen LogP contribution in [-0.4, -0.2) is 30.8 Å². The first-order valence-electron chi connectivity index (χ1n) is 12.2. The number of rotatable bonds is 10. The van der Waals surface area contributed by atoms with Crippen LogP contribution in [0.5, 0.6) is 5.75 Å². The fourth-order valence-corrected chi connectivity index (χ4v) is 4.31. The van der Waals surface area contributed by atoms with E-state index >= 15 is 0 Å². The van der Waals surface area contributed by atoms with E-state index in [1.807, 2.05) is 37.3 Å². The Hall–Kier alpha value is -4.18. The average Bonchev–Trinajstić information content (AvgIpc) is 3.39. The van der Waals surface area contributed by atoms with Crippen LogP contribution in [0, 0.1) is 0 Å². The highest BCUT2D eigenvalue weighted by atomic mass is 31.0. The highest BCUT2D eigenvalue weighted by molar-refractivity contribution is 7.17. The Morgan fingerprint density at radius 2 is 2.12 bits per heavy atom. The summed E-state index contributed by atoms with van der Waals surface area (Å²) in [6.07, 6.45) is 5.10. The van der Waals surface area contributed by atoms with Crippen LogP contribution in [0.25, 0.3) is 16.5 Å². The summed E-state index contributed by atoms with van der Waals surface area (Å²) < 4.78 is 33.3. The lowest BCUT2D eigenvalue weighted by Crippen LogP contribution is -2.38. The van der Waals surface area contributed by atoms with E-state index in [1.165, 1.54) is 39.7 Å². The number of ether oxygens (including phenoxy) is 1. The number of hydrogen-bond donors (Lipinski definition) is 3. The van der Waals surface area contributed by atoms with E-state index in [0.29, 0.717) is 16.8 Å². The van der Waals surface area contributed by atoms with E-state index in [0.717, 1.165) is 16.7 Å². The van der Waals surface area contributed by atoms with Gasteiger partial charge in [0.25, 0.3) is 11.6 Å². The molecular weight excluding hydrogens is 537 g/mol. The van der Waals surface area contributed by atoms with Crippen molar-refractivity contribution in [3.63, 3.8) is 0 Å². The topological polar surface area (TPSA) is 114 Å². The number of benzene rings is 2. The Balaban J connectivity index is 1.64. The highest BCUT2D eigenvalue weighted by Crippen LogP contribution is 2.39. The minimum absolute atomic E-state index is 0.0647. The molecule has 1 atom stereocenters. The zero-order valence-electron chi connectivity index (χ0n) is 21.9. The number of nitrogens with two attached hydrogens (primary N) is 1. The molecule has 2 heterocycles. The second-order valence-electron chi connectivity index (χ2n) is 8.60. The van der Waals surface area contributed by atoms with Gasteiger partial charge in [0.2, 0.25) is 0 Å². The molecule has 12 heteroatoms. The molecule has 40 heavy (non-hydrogen) atoms. The van der Waals surface area contributed by atoms with Crippen molar-refractivity contribution in [1.29, 1.82) is 0 Å². The molecule has 3 aromatic rings. The van der Waals surface area contributed by atoms with E-state index in [2.05, 4.69) is 27.5 Å². The number of nitrogens with one attached hydrogen (secondary N) is 2. The Labute approximate surface area is 232 Å². The van der Waals surface area contributed by atoms with Gasteiger partial charge in [0.1, 0.15) is 17.0 Å². The van der Waals surface area contributed by atoms with Gasteiger partial charge in [-0.2, -0.15) is 8.78 Å². The summed E-state index contributed by atoms with van der Waals surface area (Å²) in [5.74, 6) is 0.0380. The molecule has 0 bridgehead atoms. The first kappa shape index (κ1) is 28.8. The Kier molecular flexibility index (Phi) is 8.89. The van der Waals surface area contributed by atoms with Crippen molar-refractivity contribution >= 4 is 43.5 Å². The number of halogens is 2. The molecule has 0 aliphatic carbocycles. The molecule has 208 valence electrons. The lowest BCUT2D eigenvalue weighted by atomic mass is 10.0. The molecular formula is C28H29F2N6O3P. The number of alkyl halides is 2. The van der Waals surface area contributed by atoms with Crippen molar-refractivity contribution in [2.75, 3.05) is 18.7 Å². The molecule has 4 rings (SSSR count). The number of pyridine rings is 1. The minimum atomic E-state index is -3.23. The molecule has 0 saturated heterocycles. The van der Waals surface area contributed by atoms with E-state index in [-0.39, 0.29) is 30.1 Å². The summed E-state index contributed by atoms with van der Waals surface area (Å²) in [4.78, 5) is 27.2. The molecule has 1 aliphatic heterocycles. The summed E-state index contributed by atoms with van der Waals surface area (Å²) in [6.45, 7) is 5.66. The predicted octanol–water partition coefficient (Wildman–Crippen LogP) is 4.53. The van der Waals surface area contributed by atoms with Crippen LogP contribution in [0.4, 0.5) is 14.5 Å². The normalized spacial score (nSPS) is 14.2. The maximum absolute atomic E-state index is 14.0. The number of amides is 1. The van der Waals surface area contributed by atoms with Crippen molar-refractivity contribution in [3.05, 3.63) is 95.7 Å². The van der Waals surface area contributed by atoms with Crippen LogP contribution in [0.1, 0.15) is 23.7 Å². The fraction of sp³-hybridized carbons (Fsp3) is 0.179. The van der Waals surface area contributed by atoms with Gasteiger partial charge >= 0.3 is 0 Å². The summed E-state index contributed by atoms with van der Waals surface area (Å²) in [7, 11) is 2.89. The summed E-state index contributed by atoms with van der Waals surface area (Å²) >= 11 is 0. The van der Waals surface area contributed by atoms with Crippen LogP contribution < -0.4 is 26.4 Å². The number of methoxy groups -OCH3 is 1. The Morgan fingerprint density at radius 1 is 1.32 bits per heavy atom. The summed E-state index contributed by atoms with van der Waals surface area (Å²) in [6, 6.07) is 13.6. The maximum Gasteiger partial charge on any atom is 0.300 e. The van der Waals surface area contributed by atoms with Crippen molar-refractivity contribution < 1.29 is 23.1 Å². The second-order valence-corrected chi connectivity index (χ2v) is 9.32. The number of allylic oxidation sites excluding steroid dienone is 2. The molecule has 1 aliphatic rings. The maximum atomic E-state index is 14.0. The first-order chi connectivity index (χ1) is 19.2. The lowest BCUT2D eigenvalue weighted by Gasteiger charge is -2.22. The average molecular weight is 567 g/mol. The fourth-order valence-electron chi connectivity index (χ4n) is 4.15. The third-order valence-electron chi connectivity index (χ3n) is 6.09. The van der Waals surface area contributed by atoms with Gasteiger partial charge in [0, 0.05) is 24.3 Å². The van der Waals surface area contributed by atoms with Gasteiger partial charge in [0.05, 0.1) is 19.3 Å². The van der Waals surface area contributed by atoms with Crippen molar-refractivity contribution in [1.82, 2.24) is 15.9 Å². The molecule has 1 unspecified atom stereocenters. The third kappa shape index (κ3) is 6.02. The largest absolute Gasteiger partial charge is 0.494 e. The SMILES string of the molecule is C=CN=C/C(=C\C)c1cccc(CNC(=O)C2=C(CN)ONN2c2ccc(OC)c3nc(C(F)(F)P)ccc23)c1. The smallest absolute Gasteiger partial charge is 0.300 e. The van der Waals surface area contributed by atoms with Gasteiger partial charge in [-0.25, -0.2) is 9.99 Å². The van der Waals surface area contributed by atoms with E-state index in [1.54, 1.807) is 18.3 Å². The van der Waals surface area contributed by atoms with Crippen molar-refractivity contribution in [3.8, 4) is 5.75 Å². The Morgan fingerprint density at radius 3 is 2.80 bits per heavy atom. The minimum Gasteiger partial charge on any atom is -0.494 e. The van der Waals surface area contributed by atoms with E-state index < -0.39 is 17.3 Å². The van der Waals surface area contributed by atoms with Crippen LogP contribution in [0.3, 0.4) is 0 Å². The molecule has 0 spiro atoms. The van der Waals surface area contributed by atoms with E-state index in [4.69, 9.17) is 15.3 Å². The monoisotopic (exact) mass is 566 g/mol. The molecule has 0 radical (unpaired) electrons. The number of aromatic nitrogens is 1. The third-order valence-corrected chi connectivity index (χ3v) is 6.39. The first-order valence-corrected chi connectivity index (χ1v) is 12.8. The van der Waals surface area contributed by atoms with Gasteiger partial charge in [-0.05, 0) is 54.0 Å². The lowest BCUT2D eigenvalue weighted by molar-refractivity contribution is -0.117. The number of fused-ring (bicyclic) bond motifs is 1. The number of anilines is 1. The number of aliphatic imine (C=N–C) groups is 1. The number of carbonyl (C=O) groups is 1. The Bertz CT molecular complexity index is 1530. The van der Waals surface area contributed by atoms with Gasteiger partial charge in [0.15, 0.2) is 11.5 Å². The van der Waals surface area contributed by atoms with Crippen LogP contribution >= 0.6 is 9.24 Å². The molecule has 9 nitrogen and oxygen atoms in total. The van der Waals surface area contributed by atoms with Crippen LogP contribution in [0.15, 0.2) is 83.8 Å². The zero-order valence-corrected chi connectivity index (χ0v) is 23.1. The molecule has 4 N–H and O–H groups in total. The predicted molar refractivity (Wildman–Crippen MR) is 155 cm³/mol. The number of hydrazine groups is 1. The highest BCUT2D eigenvalue weighted by Gasteiger charge is 2.33. The summed E-state index contributed by atoms with van der Waals surface area (Å²) in [5.41, 5.74) is 8.33. The molecule has 1 aromatic heterocycles. The zero-order chi connectivity index (χ0) is 28.9. The second kappa shape index (κ2) is 12.3.